The minimum Gasteiger partial charge on any atom is -0.370 e. The summed E-state index contributed by atoms with van der Waals surface area (Å²) in [6, 6.07) is 6.69. The summed E-state index contributed by atoms with van der Waals surface area (Å²) in [7, 11) is 2.24. The van der Waals surface area contributed by atoms with Gasteiger partial charge >= 0.3 is 0 Å². The van der Waals surface area contributed by atoms with Crippen molar-refractivity contribution in [1.29, 1.82) is 0 Å². The molecule has 0 bridgehead atoms. The molecule has 2 aliphatic heterocycles. The van der Waals surface area contributed by atoms with Crippen molar-refractivity contribution in [3.63, 3.8) is 0 Å². The predicted octanol–water partition coefficient (Wildman–Crippen LogP) is 4.05. The van der Waals surface area contributed by atoms with Crippen LogP contribution in [0.5, 0.6) is 0 Å². The summed E-state index contributed by atoms with van der Waals surface area (Å²) in [5.41, 5.74) is 6.66. The average Bonchev–Trinajstić information content (AvgIpc) is 2.79. The highest BCUT2D eigenvalue weighted by molar-refractivity contribution is 5.56. The van der Waals surface area contributed by atoms with Crippen LogP contribution in [0.15, 0.2) is 18.2 Å². The molecule has 2 aromatic rings. The molecule has 0 spiro atoms. The highest BCUT2D eigenvalue weighted by Gasteiger charge is 2.28. The second-order valence-electron chi connectivity index (χ2n) is 7.88. The van der Waals surface area contributed by atoms with E-state index in [9.17, 15) is 0 Å². The third-order valence-corrected chi connectivity index (χ3v) is 5.91. The first-order valence-electron chi connectivity index (χ1n) is 9.75. The van der Waals surface area contributed by atoms with Crippen molar-refractivity contribution in [2.75, 3.05) is 32.0 Å². The van der Waals surface area contributed by atoms with Gasteiger partial charge < -0.3 is 10.2 Å². The van der Waals surface area contributed by atoms with Crippen molar-refractivity contribution >= 4 is 5.82 Å². The molecule has 3 heterocycles. The van der Waals surface area contributed by atoms with Gasteiger partial charge in [-0.3, -0.25) is 0 Å². The van der Waals surface area contributed by atoms with Gasteiger partial charge in [-0.05, 0) is 82.8 Å². The molecule has 1 N–H and O–H groups in total. The second-order valence-corrected chi connectivity index (χ2v) is 7.88. The quantitative estimate of drug-likeness (QED) is 0.897. The lowest BCUT2D eigenvalue weighted by Gasteiger charge is -2.29. The topological polar surface area (TPSA) is 33.1 Å². The van der Waals surface area contributed by atoms with Crippen molar-refractivity contribution < 1.29 is 0 Å². The van der Waals surface area contributed by atoms with Crippen LogP contribution in [0, 0.1) is 13.8 Å². The summed E-state index contributed by atoms with van der Waals surface area (Å²) in [4.78, 5) is 2.46. The lowest BCUT2D eigenvalue weighted by atomic mass is 9.91. The Bertz CT molecular complexity index is 761. The maximum atomic E-state index is 5.16. The minimum atomic E-state index is 0.570. The van der Waals surface area contributed by atoms with Gasteiger partial charge in [-0.25, -0.2) is 4.68 Å². The highest BCUT2D eigenvalue weighted by atomic mass is 15.3. The van der Waals surface area contributed by atoms with Crippen LogP contribution in [0.4, 0.5) is 5.82 Å². The number of likely N-dealkylation sites (N-methyl/N-ethyl adjacent to an activating group) is 1. The van der Waals surface area contributed by atoms with Crippen molar-refractivity contribution in [2.24, 2.45) is 0 Å². The zero-order chi connectivity index (χ0) is 17.4. The lowest BCUT2D eigenvalue weighted by Crippen LogP contribution is -2.31. The largest absolute Gasteiger partial charge is 0.370 e. The first-order chi connectivity index (χ1) is 12.1. The number of aryl methyl sites for hydroxylation is 2. The van der Waals surface area contributed by atoms with Crippen LogP contribution in [-0.4, -0.2) is 41.4 Å². The molecule has 1 saturated heterocycles. The van der Waals surface area contributed by atoms with E-state index in [-0.39, 0.29) is 0 Å². The van der Waals surface area contributed by atoms with Crippen LogP contribution in [0.25, 0.3) is 5.69 Å². The van der Waals surface area contributed by atoms with Crippen LogP contribution >= 0.6 is 0 Å². The van der Waals surface area contributed by atoms with E-state index >= 15 is 0 Å². The van der Waals surface area contributed by atoms with E-state index in [0.717, 1.165) is 19.5 Å². The Morgan fingerprint density at radius 2 is 2.00 bits per heavy atom. The number of hydrogen-bond acceptors (Lipinski definition) is 3. The second kappa shape index (κ2) is 6.83. The summed E-state index contributed by atoms with van der Waals surface area (Å²) in [5, 5.41) is 8.84. The SMILES string of the molecule is Cc1ccc(-n2nc(C3CCCN(C)C3)c3c2NCCCC3)cc1C. The van der Waals surface area contributed by atoms with Gasteiger partial charge in [-0.15, -0.1) is 0 Å². The Labute approximate surface area is 151 Å². The van der Waals surface area contributed by atoms with Gasteiger partial charge in [-0.1, -0.05) is 6.07 Å². The molecule has 4 nitrogen and oxygen atoms in total. The maximum Gasteiger partial charge on any atom is 0.133 e. The molecule has 0 amide bonds. The Morgan fingerprint density at radius 1 is 1.12 bits per heavy atom. The lowest BCUT2D eigenvalue weighted by molar-refractivity contribution is 0.247. The number of anilines is 1. The van der Waals surface area contributed by atoms with Gasteiger partial charge in [0.05, 0.1) is 11.4 Å². The van der Waals surface area contributed by atoms with E-state index in [0.29, 0.717) is 5.92 Å². The summed E-state index contributed by atoms with van der Waals surface area (Å²) in [5.74, 6) is 1.81. The van der Waals surface area contributed by atoms with E-state index in [1.807, 2.05) is 0 Å². The molecule has 4 heteroatoms. The third-order valence-electron chi connectivity index (χ3n) is 5.91. The molecule has 1 aromatic carbocycles. The number of nitrogens with one attached hydrogen (secondary N) is 1. The van der Waals surface area contributed by atoms with Gasteiger partial charge in [0, 0.05) is 24.6 Å². The molecule has 1 unspecified atom stereocenters. The zero-order valence-corrected chi connectivity index (χ0v) is 15.8. The highest BCUT2D eigenvalue weighted by Crippen LogP contribution is 2.35. The fourth-order valence-corrected chi connectivity index (χ4v) is 4.29. The van der Waals surface area contributed by atoms with E-state index in [1.165, 1.54) is 66.1 Å². The molecular weight excluding hydrogens is 308 g/mol. The summed E-state index contributed by atoms with van der Waals surface area (Å²) in [6.45, 7) is 7.76. The van der Waals surface area contributed by atoms with Crippen LogP contribution in [0.3, 0.4) is 0 Å². The molecule has 0 saturated carbocycles. The zero-order valence-electron chi connectivity index (χ0n) is 15.8. The number of nitrogens with zero attached hydrogens (tertiary/aromatic N) is 3. The monoisotopic (exact) mass is 338 g/mol. The van der Waals surface area contributed by atoms with Crippen LogP contribution in [0.1, 0.15) is 54.0 Å². The summed E-state index contributed by atoms with van der Waals surface area (Å²) >= 11 is 0. The Kier molecular flexibility index (Phi) is 4.55. The Hall–Kier alpha value is -1.81. The molecular formula is C21H30N4. The van der Waals surface area contributed by atoms with Gasteiger partial charge in [0.1, 0.15) is 5.82 Å². The first kappa shape index (κ1) is 16.6. The number of benzene rings is 1. The Morgan fingerprint density at radius 3 is 2.80 bits per heavy atom. The molecule has 1 fully saturated rings. The predicted molar refractivity (Wildman–Crippen MR) is 104 cm³/mol. The Balaban J connectivity index is 1.80. The molecule has 25 heavy (non-hydrogen) atoms. The van der Waals surface area contributed by atoms with E-state index in [4.69, 9.17) is 5.10 Å². The van der Waals surface area contributed by atoms with E-state index in [2.05, 4.69) is 54.0 Å². The summed E-state index contributed by atoms with van der Waals surface area (Å²) in [6.07, 6.45) is 6.20. The molecule has 134 valence electrons. The number of fused-ring (bicyclic) bond motifs is 1. The first-order valence-corrected chi connectivity index (χ1v) is 9.75. The molecule has 4 rings (SSSR count). The van der Waals surface area contributed by atoms with Gasteiger partial charge in [0.2, 0.25) is 0 Å². The number of rotatable bonds is 2. The summed E-state index contributed by atoms with van der Waals surface area (Å²) < 4.78 is 2.18. The number of hydrogen-bond donors (Lipinski definition) is 1. The van der Waals surface area contributed by atoms with Crippen LogP contribution in [-0.2, 0) is 6.42 Å². The van der Waals surface area contributed by atoms with E-state index in [1.54, 1.807) is 0 Å². The fourth-order valence-electron chi connectivity index (χ4n) is 4.29. The molecule has 0 radical (unpaired) electrons. The molecule has 1 atom stereocenters. The smallest absolute Gasteiger partial charge is 0.133 e. The standard InChI is InChI=1S/C21H30N4/c1-15-9-10-18(13-16(15)2)25-21-19(8-4-5-11-22-21)20(23-25)17-7-6-12-24(3)14-17/h9-10,13,17,22H,4-8,11-12,14H2,1-3H3. The fraction of sp³-hybridized carbons (Fsp3) is 0.571. The van der Waals surface area contributed by atoms with Crippen LogP contribution < -0.4 is 5.32 Å². The average molecular weight is 338 g/mol. The van der Waals surface area contributed by atoms with Gasteiger partial charge in [0.15, 0.2) is 0 Å². The number of aromatic nitrogens is 2. The van der Waals surface area contributed by atoms with Crippen molar-refractivity contribution in [3.8, 4) is 5.69 Å². The molecule has 1 aromatic heterocycles. The van der Waals surface area contributed by atoms with Gasteiger partial charge in [0.25, 0.3) is 0 Å². The maximum absolute atomic E-state index is 5.16. The van der Waals surface area contributed by atoms with Crippen LogP contribution in [0.2, 0.25) is 0 Å². The van der Waals surface area contributed by atoms with Crippen molar-refractivity contribution in [3.05, 3.63) is 40.6 Å². The van der Waals surface area contributed by atoms with Crippen molar-refractivity contribution in [1.82, 2.24) is 14.7 Å². The number of piperidine rings is 1. The number of likely N-dealkylation sites (tertiary alicyclic amines) is 1. The third kappa shape index (κ3) is 3.20. The molecule has 2 aliphatic rings. The molecule has 0 aliphatic carbocycles. The normalized spacial score (nSPS) is 21.5. The van der Waals surface area contributed by atoms with Crippen molar-refractivity contribution in [2.45, 2.75) is 51.9 Å². The van der Waals surface area contributed by atoms with E-state index < -0.39 is 0 Å². The minimum absolute atomic E-state index is 0.570. The van der Waals surface area contributed by atoms with Gasteiger partial charge in [-0.2, -0.15) is 5.10 Å².